The lowest BCUT2D eigenvalue weighted by atomic mass is 10.00. The molecule has 0 saturated heterocycles. The van der Waals surface area contributed by atoms with Gasteiger partial charge in [-0.05, 0) is 12.3 Å². The lowest BCUT2D eigenvalue weighted by Crippen LogP contribution is -2.31. The molecule has 0 aliphatic heterocycles. The van der Waals surface area contributed by atoms with Gasteiger partial charge >= 0.3 is 0 Å². The molecule has 1 amide bonds. The summed E-state index contributed by atoms with van der Waals surface area (Å²) in [6.45, 7) is 6.33. The number of amides is 1. The van der Waals surface area contributed by atoms with Crippen molar-refractivity contribution in [1.82, 2.24) is 14.7 Å². The van der Waals surface area contributed by atoms with Crippen LogP contribution < -0.4 is 0 Å². The molecular weight excluding hydrogens is 274 g/mol. The predicted molar refractivity (Wildman–Crippen MR) is 89.8 cm³/mol. The molecule has 4 nitrogen and oxygen atoms in total. The SMILES string of the molecule is CCC(C(=O)N(C)C)n1cc(C(C)C)c(-c2ccccc2)n1. The van der Waals surface area contributed by atoms with Crippen molar-refractivity contribution < 1.29 is 4.79 Å². The van der Waals surface area contributed by atoms with E-state index in [0.717, 1.165) is 17.7 Å². The molecule has 0 aliphatic rings. The molecule has 0 saturated carbocycles. The fourth-order valence-corrected chi connectivity index (χ4v) is 2.58. The van der Waals surface area contributed by atoms with E-state index in [2.05, 4.69) is 26.0 Å². The van der Waals surface area contributed by atoms with E-state index in [-0.39, 0.29) is 11.9 Å². The van der Waals surface area contributed by atoms with Crippen LogP contribution in [0.15, 0.2) is 36.5 Å². The third-order valence-corrected chi connectivity index (χ3v) is 3.86. The molecule has 1 heterocycles. The van der Waals surface area contributed by atoms with Crippen LogP contribution in [-0.4, -0.2) is 34.7 Å². The summed E-state index contributed by atoms with van der Waals surface area (Å²) in [7, 11) is 3.58. The van der Waals surface area contributed by atoms with Crippen LogP contribution in [0.1, 0.15) is 44.7 Å². The fraction of sp³-hybridized carbons (Fsp3) is 0.444. The van der Waals surface area contributed by atoms with Crippen LogP contribution in [0.2, 0.25) is 0 Å². The largest absolute Gasteiger partial charge is 0.347 e. The van der Waals surface area contributed by atoms with E-state index in [1.807, 2.05) is 36.0 Å². The Labute approximate surface area is 132 Å². The molecule has 0 fully saturated rings. The standard InChI is InChI=1S/C18H25N3O/c1-6-16(18(22)20(4)5)21-12-15(13(2)3)17(19-21)14-10-8-7-9-11-14/h7-13,16H,6H2,1-5H3. The number of benzene rings is 1. The number of likely N-dealkylation sites (N-methyl/N-ethyl adjacent to an activating group) is 1. The summed E-state index contributed by atoms with van der Waals surface area (Å²) in [4.78, 5) is 14.0. The topological polar surface area (TPSA) is 38.1 Å². The maximum Gasteiger partial charge on any atom is 0.246 e. The van der Waals surface area contributed by atoms with Crippen molar-refractivity contribution in [2.45, 2.75) is 39.2 Å². The molecular formula is C18H25N3O. The van der Waals surface area contributed by atoms with Crippen LogP contribution in [0.25, 0.3) is 11.3 Å². The maximum atomic E-state index is 12.4. The molecule has 2 rings (SSSR count). The minimum atomic E-state index is -0.245. The van der Waals surface area contributed by atoms with Crippen molar-refractivity contribution in [2.24, 2.45) is 0 Å². The second kappa shape index (κ2) is 6.77. The quantitative estimate of drug-likeness (QED) is 0.844. The van der Waals surface area contributed by atoms with Gasteiger partial charge in [-0.1, -0.05) is 51.1 Å². The first kappa shape index (κ1) is 16.3. The van der Waals surface area contributed by atoms with Crippen molar-refractivity contribution >= 4 is 5.91 Å². The maximum absolute atomic E-state index is 12.4. The highest BCUT2D eigenvalue weighted by atomic mass is 16.2. The lowest BCUT2D eigenvalue weighted by molar-refractivity contribution is -0.132. The van der Waals surface area contributed by atoms with Crippen molar-refractivity contribution in [3.05, 3.63) is 42.1 Å². The highest BCUT2D eigenvalue weighted by Crippen LogP contribution is 2.29. The average Bonchev–Trinajstić information content (AvgIpc) is 2.94. The first-order valence-electron chi connectivity index (χ1n) is 7.81. The highest BCUT2D eigenvalue weighted by Gasteiger charge is 2.24. The summed E-state index contributed by atoms with van der Waals surface area (Å²) < 4.78 is 1.83. The zero-order valence-corrected chi connectivity index (χ0v) is 14.1. The molecule has 0 radical (unpaired) electrons. The monoisotopic (exact) mass is 299 g/mol. The summed E-state index contributed by atoms with van der Waals surface area (Å²) in [6.07, 6.45) is 2.76. The Morgan fingerprint density at radius 1 is 1.23 bits per heavy atom. The number of hydrogen-bond donors (Lipinski definition) is 0. The average molecular weight is 299 g/mol. The number of hydrogen-bond acceptors (Lipinski definition) is 2. The molecule has 22 heavy (non-hydrogen) atoms. The third kappa shape index (κ3) is 3.21. The molecule has 1 aromatic carbocycles. The van der Waals surface area contributed by atoms with Gasteiger partial charge in [-0.25, -0.2) is 0 Å². The van der Waals surface area contributed by atoms with Crippen LogP contribution in [0, 0.1) is 0 Å². The Balaban J connectivity index is 2.49. The van der Waals surface area contributed by atoms with Crippen LogP contribution in [0.4, 0.5) is 0 Å². The van der Waals surface area contributed by atoms with Gasteiger partial charge in [-0.15, -0.1) is 0 Å². The second-order valence-electron chi connectivity index (χ2n) is 6.09. The van der Waals surface area contributed by atoms with Crippen LogP contribution in [-0.2, 0) is 4.79 Å². The van der Waals surface area contributed by atoms with E-state index in [0.29, 0.717) is 5.92 Å². The minimum absolute atomic E-state index is 0.0833. The normalized spacial score (nSPS) is 12.5. The van der Waals surface area contributed by atoms with Gasteiger partial charge < -0.3 is 4.90 Å². The zero-order chi connectivity index (χ0) is 16.3. The summed E-state index contributed by atoms with van der Waals surface area (Å²) in [5.41, 5.74) is 3.24. The third-order valence-electron chi connectivity index (χ3n) is 3.86. The summed E-state index contributed by atoms with van der Waals surface area (Å²) in [5, 5.41) is 4.75. The van der Waals surface area contributed by atoms with Gasteiger partial charge in [0.05, 0.1) is 5.69 Å². The summed E-state index contributed by atoms with van der Waals surface area (Å²) in [5.74, 6) is 0.441. The number of carbonyl (C=O) groups is 1. The zero-order valence-electron chi connectivity index (χ0n) is 14.1. The van der Waals surface area contributed by atoms with Gasteiger partial charge in [-0.2, -0.15) is 5.10 Å². The van der Waals surface area contributed by atoms with Crippen LogP contribution in [0.3, 0.4) is 0 Å². The molecule has 0 aliphatic carbocycles. The number of carbonyl (C=O) groups excluding carboxylic acids is 1. The van der Waals surface area contributed by atoms with Gasteiger partial charge in [-0.3, -0.25) is 9.48 Å². The molecule has 4 heteroatoms. The minimum Gasteiger partial charge on any atom is -0.347 e. The molecule has 1 unspecified atom stereocenters. The smallest absolute Gasteiger partial charge is 0.246 e. The lowest BCUT2D eigenvalue weighted by Gasteiger charge is -2.19. The van der Waals surface area contributed by atoms with Gasteiger partial charge in [0, 0.05) is 31.4 Å². The molecule has 0 N–H and O–H groups in total. The molecule has 1 aromatic heterocycles. The summed E-state index contributed by atoms with van der Waals surface area (Å²) in [6, 6.07) is 9.91. The van der Waals surface area contributed by atoms with Crippen LogP contribution in [0.5, 0.6) is 0 Å². The van der Waals surface area contributed by atoms with Crippen molar-refractivity contribution in [2.75, 3.05) is 14.1 Å². The predicted octanol–water partition coefficient (Wildman–Crippen LogP) is 3.71. The van der Waals surface area contributed by atoms with Crippen molar-refractivity contribution in [3.8, 4) is 11.3 Å². The number of nitrogens with zero attached hydrogens (tertiary/aromatic N) is 3. The molecule has 0 spiro atoms. The Morgan fingerprint density at radius 3 is 2.36 bits per heavy atom. The van der Waals surface area contributed by atoms with E-state index in [9.17, 15) is 4.79 Å². The van der Waals surface area contributed by atoms with Crippen molar-refractivity contribution in [1.29, 1.82) is 0 Å². The number of aromatic nitrogens is 2. The van der Waals surface area contributed by atoms with E-state index in [4.69, 9.17) is 5.10 Å². The second-order valence-corrected chi connectivity index (χ2v) is 6.09. The Hall–Kier alpha value is -2.10. The van der Waals surface area contributed by atoms with E-state index in [1.165, 1.54) is 5.56 Å². The number of rotatable bonds is 5. The first-order valence-corrected chi connectivity index (χ1v) is 7.81. The Bertz CT molecular complexity index is 629. The fourth-order valence-electron chi connectivity index (χ4n) is 2.58. The van der Waals surface area contributed by atoms with E-state index < -0.39 is 0 Å². The summed E-state index contributed by atoms with van der Waals surface area (Å²) >= 11 is 0. The van der Waals surface area contributed by atoms with Crippen LogP contribution >= 0.6 is 0 Å². The molecule has 0 bridgehead atoms. The van der Waals surface area contributed by atoms with Gasteiger partial charge in [0.1, 0.15) is 6.04 Å². The molecule has 2 aromatic rings. The molecule has 118 valence electrons. The van der Waals surface area contributed by atoms with E-state index in [1.54, 1.807) is 19.0 Å². The Morgan fingerprint density at radius 2 is 1.86 bits per heavy atom. The van der Waals surface area contributed by atoms with E-state index >= 15 is 0 Å². The highest BCUT2D eigenvalue weighted by molar-refractivity contribution is 5.80. The van der Waals surface area contributed by atoms with Gasteiger partial charge in [0.25, 0.3) is 0 Å². The Kier molecular flexibility index (Phi) is 5.01. The first-order chi connectivity index (χ1) is 10.5. The van der Waals surface area contributed by atoms with Crippen molar-refractivity contribution in [3.63, 3.8) is 0 Å². The molecule has 1 atom stereocenters. The van der Waals surface area contributed by atoms with Gasteiger partial charge in [0.15, 0.2) is 0 Å². The van der Waals surface area contributed by atoms with Gasteiger partial charge in [0.2, 0.25) is 5.91 Å².